The monoisotopic (exact) mass is 251 g/mol. The summed E-state index contributed by atoms with van der Waals surface area (Å²) in [6, 6.07) is 5.90. The number of hydrogen-bond donors (Lipinski definition) is 1. The van der Waals surface area contributed by atoms with Gasteiger partial charge in [-0.3, -0.25) is 9.69 Å². The van der Waals surface area contributed by atoms with Crippen LogP contribution in [0.3, 0.4) is 0 Å². The van der Waals surface area contributed by atoms with Gasteiger partial charge >= 0.3 is 0 Å². The summed E-state index contributed by atoms with van der Waals surface area (Å²) in [5.74, 6) is -0.225. The molecule has 4 nitrogen and oxygen atoms in total. The molecule has 0 spiro atoms. The van der Waals surface area contributed by atoms with E-state index in [2.05, 4.69) is 5.32 Å². The summed E-state index contributed by atoms with van der Waals surface area (Å²) >= 11 is 0. The highest BCUT2D eigenvalue weighted by molar-refractivity contribution is 5.98. The Balaban J connectivity index is 2.18. The van der Waals surface area contributed by atoms with Crippen LogP contribution in [-0.2, 0) is 4.79 Å². The summed E-state index contributed by atoms with van der Waals surface area (Å²) in [6.45, 7) is 2.07. The normalized spacial score (nSPS) is 21.4. The predicted molar refractivity (Wildman–Crippen MR) is 69.1 cm³/mol. The molecule has 1 atom stereocenters. The van der Waals surface area contributed by atoms with Crippen molar-refractivity contribution in [2.24, 2.45) is 0 Å². The Hall–Kier alpha value is -1.46. The number of likely N-dealkylation sites (N-methyl/N-ethyl adjacent to an activating group) is 2. The van der Waals surface area contributed by atoms with Gasteiger partial charge in [0.25, 0.3) is 0 Å². The number of carbonyl (C=O) groups excluding carboxylic acids is 1. The minimum absolute atomic E-state index is 0.0599. The van der Waals surface area contributed by atoms with Crippen molar-refractivity contribution in [3.63, 3.8) is 0 Å². The molecule has 1 aliphatic heterocycles. The van der Waals surface area contributed by atoms with Gasteiger partial charge < -0.3 is 10.2 Å². The fourth-order valence-electron chi connectivity index (χ4n) is 2.21. The molecule has 1 heterocycles. The van der Waals surface area contributed by atoms with E-state index < -0.39 is 0 Å². The molecule has 98 valence electrons. The largest absolute Gasteiger partial charge is 0.318 e. The maximum Gasteiger partial charge on any atom is 0.245 e. The van der Waals surface area contributed by atoms with Crippen molar-refractivity contribution in [1.29, 1.82) is 0 Å². The van der Waals surface area contributed by atoms with Crippen molar-refractivity contribution >= 4 is 11.6 Å². The highest BCUT2D eigenvalue weighted by atomic mass is 19.1. The molecule has 0 bridgehead atoms. The van der Waals surface area contributed by atoms with Crippen LogP contribution < -0.4 is 10.2 Å². The molecule has 1 unspecified atom stereocenters. The van der Waals surface area contributed by atoms with Gasteiger partial charge in [-0.15, -0.1) is 0 Å². The molecule has 1 fully saturated rings. The van der Waals surface area contributed by atoms with Crippen LogP contribution in [0.4, 0.5) is 10.1 Å². The first-order valence-corrected chi connectivity index (χ1v) is 6.05. The quantitative estimate of drug-likeness (QED) is 0.858. The lowest BCUT2D eigenvalue weighted by molar-refractivity contribution is -0.125. The van der Waals surface area contributed by atoms with Gasteiger partial charge in [-0.05, 0) is 38.4 Å². The van der Waals surface area contributed by atoms with Crippen molar-refractivity contribution in [2.45, 2.75) is 6.04 Å². The van der Waals surface area contributed by atoms with Gasteiger partial charge in [0.05, 0.1) is 0 Å². The molecular formula is C13H18FN3O. The Morgan fingerprint density at radius 2 is 2.00 bits per heavy atom. The van der Waals surface area contributed by atoms with E-state index in [-0.39, 0.29) is 17.8 Å². The summed E-state index contributed by atoms with van der Waals surface area (Å²) in [5.41, 5.74) is 0.760. The number of benzene rings is 1. The Kier molecular flexibility index (Phi) is 3.93. The van der Waals surface area contributed by atoms with Crippen molar-refractivity contribution in [2.75, 3.05) is 38.6 Å². The molecule has 1 aliphatic rings. The van der Waals surface area contributed by atoms with Gasteiger partial charge in [0.1, 0.15) is 11.9 Å². The van der Waals surface area contributed by atoms with Crippen LogP contribution in [0.1, 0.15) is 0 Å². The van der Waals surface area contributed by atoms with Crippen LogP contribution in [0.25, 0.3) is 0 Å². The van der Waals surface area contributed by atoms with E-state index in [1.54, 1.807) is 17.0 Å². The van der Waals surface area contributed by atoms with Crippen molar-refractivity contribution in [1.82, 2.24) is 10.2 Å². The zero-order valence-corrected chi connectivity index (χ0v) is 10.7. The molecule has 1 N–H and O–H groups in total. The minimum atomic E-state index is -0.285. The lowest BCUT2D eigenvalue weighted by Gasteiger charge is -2.38. The summed E-state index contributed by atoms with van der Waals surface area (Å²) in [6.07, 6.45) is 0. The average Bonchev–Trinajstić information content (AvgIpc) is 2.36. The van der Waals surface area contributed by atoms with E-state index in [0.29, 0.717) is 13.1 Å². The Labute approximate surface area is 106 Å². The Morgan fingerprint density at radius 3 is 2.61 bits per heavy atom. The lowest BCUT2D eigenvalue weighted by Crippen LogP contribution is -2.58. The number of nitrogens with one attached hydrogen (secondary N) is 1. The highest BCUT2D eigenvalue weighted by Crippen LogP contribution is 2.19. The molecule has 18 heavy (non-hydrogen) atoms. The number of piperazine rings is 1. The van der Waals surface area contributed by atoms with Crippen molar-refractivity contribution in [3.05, 3.63) is 30.1 Å². The summed E-state index contributed by atoms with van der Waals surface area (Å²) in [4.78, 5) is 16.1. The van der Waals surface area contributed by atoms with Crippen LogP contribution in [0.15, 0.2) is 24.3 Å². The van der Waals surface area contributed by atoms with Crippen LogP contribution in [0.5, 0.6) is 0 Å². The van der Waals surface area contributed by atoms with E-state index in [9.17, 15) is 9.18 Å². The van der Waals surface area contributed by atoms with E-state index in [1.165, 1.54) is 12.1 Å². The van der Waals surface area contributed by atoms with Crippen molar-refractivity contribution in [3.8, 4) is 0 Å². The zero-order valence-electron chi connectivity index (χ0n) is 10.7. The van der Waals surface area contributed by atoms with Gasteiger partial charge in [-0.1, -0.05) is 0 Å². The standard InChI is InChI=1S/C13H18FN3O/c1-15-9-12-13(18)17(8-7-16(12)2)11-5-3-10(14)4-6-11/h3-6,12,15H,7-9H2,1-2H3. The van der Waals surface area contributed by atoms with Crippen LogP contribution in [-0.4, -0.2) is 50.6 Å². The zero-order chi connectivity index (χ0) is 13.1. The molecule has 1 aromatic rings. The number of hydrogen-bond acceptors (Lipinski definition) is 3. The Morgan fingerprint density at radius 1 is 1.33 bits per heavy atom. The number of anilines is 1. The molecule has 5 heteroatoms. The van der Waals surface area contributed by atoms with E-state index in [1.807, 2.05) is 19.0 Å². The third-order valence-corrected chi connectivity index (χ3v) is 3.30. The smallest absolute Gasteiger partial charge is 0.245 e. The molecule has 0 saturated carbocycles. The SMILES string of the molecule is CNCC1C(=O)N(c2ccc(F)cc2)CCN1C. The molecule has 1 saturated heterocycles. The topological polar surface area (TPSA) is 35.6 Å². The highest BCUT2D eigenvalue weighted by Gasteiger charge is 2.32. The van der Waals surface area contributed by atoms with Crippen LogP contribution in [0, 0.1) is 5.82 Å². The molecule has 1 aromatic carbocycles. The van der Waals surface area contributed by atoms with E-state index >= 15 is 0 Å². The number of rotatable bonds is 3. The summed E-state index contributed by atoms with van der Waals surface area (Å²) in [5, 5.41) is 3.03. The number of nitrogens with zero attached hydrogens (tertiary/aromatic N) is 2. The predicted octanol–water partition coefficient (Wildman–Crippen LogP) is 0.692. The number of carbonyl (C=O) groups is 1. The Bertz CT molecular complexity index is 421. The van der Waals surface area contributed by atoms with E-state index in [0.717, 1.165) is 12.2 Å². The first kappa shape index (κ1) is 13.0. The van der Waals surface area contributed by atoms with Gasteiger partial charge in [-0.25, -0.2) is 4.39 Å². The van der Waals surface area contributed by atoms with Crippen molar-refractivity contribution < 1.29 is 9.18 Å². The second-order valence-electron chi connectivity index (χ2n) is 4.52. The first-order chi connectivity index (χ1) is 8.63. The van der Waals surface area contributed by atoms with E-state index in [4.69, 9.17) is 0 Å². The fourth-order valence-corrected chi connectivity index (χ4v) is 2.21. The summed E-state index contributed by atoms with van der Waals surface area (Å²) in [7, 11) is 3.78. The van der Waals surface area contributed by atoms with Crippen LogP contribution >= 0.6 is 0 Å². The fraction of sp³-hybridized carbons (Fsp3) is 0.462. The molecule has 0 radical (unpaired) electrons. The molecular weight excluding hydrogens is 233 g/mol. The van der Waals surface area contributed by atoms with Gasteiger partial charge in [0.2, 0.25) is 5.91 Å². The van der Waals surface area contributed by atoms with Gasteiger partial charge in [0.15, 0.2) is 0 Å². The third kappa shape index (κ3) is 2.52. The maximum atomic E-state index is 12.9. The first-order valence-electron chi connectivity index (χ1n) is 6.05. The molecule has 0 aromatic heterocycles. The maximum absolute atomic E-state index is 12.9. The second kappa shape index (κ2) is 5.46. The van der Waals surface area contributed by atoms with Gasteiger partial charge in [0, 0.05) is 25.3 Å². The second-order valence-corrected chi connectivity index (χ2v) is 4.52. The number of halogens is 1. The minimum Gasteiger partial charge on any atom is -0.318 e. The van der Waals surface area contributed by atoms with Gasteiger partial charge in [-0.2, -0.15) is 0 Å². The molecule has 0 aliphatic carbocycles. The number of amides is 1. The lowest BCUT2D eigenvalue weighted by atomic mass is 10.1. The molecule has 1 amide bonds. The molecule has 2 rings (SSSR count). The average molecular weight is 251 g/mol. The van der Waals surface area contributed by atoms with Crippen LogP contribution in [0.2, 0.25) is 0 Å². The summed E-state index contributed by atoms with van der Waals surface area (Å²) < 4.78 is 12.9. The third-order valence-electron chi connectivity index (χ3n) is 3.30.